The first-order chi connectivity index (χ1) is 21.0. The monoisotopic (exact) mass is 594 g/mol. The second-order valence-electron chi connectivity index (χ2n) is 10.2. The number of piperazine rings is 1. The Balaban J connectivity index is 1.31. The molecule has 0 bridgehead atoms. The third-order valence-electron chi connectivity index (χ3n) is 7.48. The van der Waals surface area contributed by atoms with Crippen molar-refractivity contribution < 1.29 is 4.39 Å². The Bertz CT molecular complexity index is 2000. The summed E-state index contributed by atoms with van der Waals surface area (Å²) in [6.07, 6.45) is 6.71. The lowest BCUT2D eigenvalue weighted by Gasteiger charge is -2.29. The number of fused-ring (bicyclic) bond motifs is 1. The van der Waals surface area contributed by atoms with Gasteiger partial charge in [-0.3, -0.25) is 9.78 Å². The van der Waals surface area contributed by atoms with E-state index in [1.54, 1.807) is 53.0 Å². The number of aromatic nitrogens is 7. The van der Waals surface area contributed by atoms with E-state index in [4.69, 9.17) is 10.1 Å². The number of anilines is 3. The molecule has 1 aliphatic heterocycles. The number of nitrogens with zero attached hydrogens (tertiary/aromatic N) is 8. The van der Waals surface area contributed by atoms with Crippen LogP contribution in [0.1, 0.15) is 11.4 Å². The topological polar surface area (TPSA) is 119 Å². The van der Waals surface area contributed by atoms with Gasteiger partial charge in [0.2, 0.25) is 5.95 Å². The molecule has 0 saturated carbocycles. The van der Waals surface area contributed by atoms with Gasteiger partial charge in [-0.1, -0.05) is 0 Å². The fourth-order valence-electron chi connectivity index (χ4n) is 5.49. The molecule has 6 aromatic rings. The summed E-state index contributed by atoms with van der Waals surface area (Å²) in [4.78, 5) is 33.9. The minimum atomic E-state index is -0.324. The Labute approximate surface area is 249 Å². The average Bonchev–Trinajstić information content (AvgIpc) is 3.66. The normalized spacial score (nSPS) is 13.5. The van der Waals surface area contributed by atoms with Crippen LogP contribution in [0.2, 0.25) is 0 Å². The molecule has 43 heavy (non-hydrogen) atoms. The molecule has 7 rings (SSSR count). The van der Waals surface area contributed by atoms with Crippen LogP contribution in [-0.2, 0) is 0 Å². The molecule has 0 radical (unpaired) electrons. The van der Waals surface area contributed by atoms with Crippen LogP contribution >= 0.6 is 11.3 Å². The summed E-state index contributed by atoms with van der Waals surface area (Å²) in [5.41, 5.74) is 4.75. The molecule has 6 heterocycles. The summed E-state index contributed by atoms with van der Waals surface area (Å²) >= 11 is 1.33. The highest BCUT2D eigenvalue weighted by Crippen LogP contribution is 2.30. The summed E-state index contributed by atoms with van der Waals surface area (Å²) in [5, 5.41) is 14.0. The van der Waals surface area contributed by atoms with Crippen LogP contribution in [0.5, 0.6) is 0 Å². The van der Waals surface area contributed by atoms with Crippen LogP contribution in [-0.4, -0.2) is 60.5 Å². The minimum Gasteiger partial charge on any atom is -0.367 e. The van der Waals surface area contributed by atoms with Gasteiger partial charge < -0.3 is 15.5 Å². The number of pyridine rings is 2. The number of rotatable bonds is 6. The third-order valence-corrected chi connectivity index (χ3v) is 8.24. The van der Waals surface area contributed by atoms with Crippen molar-refractivity contribution in [1.82, 2.24) is 39.6 Å². The first-order valence-electron chi connectivity index (χ1n) is 13.8. The number of aryl methyl sites for hydroxylation is 1. The highest BCUT2D eigenvalue weighted by Gasteiger charge is 2.22. The number of hydrogen-bond donors (Lipinski definition) is 2. The van der Waals surface area contributed by atoms with Crippen molar-refractivity contribution in [2.75, 3.05) is 36.4 Å². The summed E-state index contributed by atoms with van der Waals surface area (Å²) in [6.45, 7) is 6.95. The quantitative estimate of drug-likeness (QED) is 0.289. The Morgan fingerprint density at radius 3 is 2.58 bits per heavy atom. The van der Waals surface area contributed by atoms with Crippen LogP contribution in [0, 0.1) is 19.7 Å². The number of thiazole rings is 1. The molecular formula is C30H27FN10OS. The van der Waals surface area contributed by atoms with E-state index in [1.807, 2.05) is 30.9 Å². The van der Waals surface area contributed by atoms with E-state index in [2.05, 4.69) is 25.6 Å². The van der Waals surface area contributed by atoms with Crippen molar-refractivity contribution in [2.45, 2.75) is 13.8 Å². The van der Waals surface area contributed by atoms with Gasteiger partial charge >= 0.3 is 0 Å². The van der Waals surface area contributed by atoms with Gasteiger partial charge in [-0.25, -0.2) is 23.6 Å². The maximum atomic E-state index is 15.1. The molecule has 1 saturated heterocycles. The maximum Gasteiger partial charge on any atom is 0.266 e. The summed E-state index contributed by atoms with van der Waals surface area (Å²) < 4.78 is 18.4. The molecule has 0 unspecified atom stereocenters. The van der Waals surface area contributed by atoms with Gasteiger partial charge in [0.05, 0.1) is 22.6 Å². The van der Waals surface area contributed by atoms with Crippen molar-refractivity contribution >= 4 is 39.7 Å². The van der Waals surface area contributed by atoms with Crippen LogP contribution in [0.15, 0.2) is 71.4 Å². The molecule has 0 spiro atoms. The molecule has 1 fully saturated rings. The molecule has 0 amide bonds. The molecule has 2 N–H and O–H groups in total. The second kappa shape index (κ2) is 11.0. The number of halogens is 1. The lowest BCUT2D eigenvalue weighted by molar-refractivity contribution is 0.566. The van der Waals surface area contributed by atoms with E-state index < -0.39 is 0 Å². The predicted octanol–water partition coefficient (Wildman–Crippen LogP) is 4.39. The van der Waals surface area contributed by atoms with Crippen molar-refractivity contribution in [2.24, 2.45) is 0 Å². The molecule has 0 aliphatic carbocycles. The Morgan fingerprint density at radius 1 is 1.02 bits per heavy atom. The zero-order valence-electron chi connectivity index (χ0n) is 23.5. The molecule has 13 heteroatoms. The first-order valence-corrected chi connectivity index (χ1v) is 14.7. The Kier molecular flexibility index (Phi) is 6.87. The number of hydrogen-bond acceptors (Lipinski definition) is 10. The number of benzene rings is 1. The van der Waals surface area contributed by atoms with E-state index in [0.29, 0.717) is 38.8 Å². The van der Waals surface area contributed by atoms with Gasteiger partial charge in [0.1, 0.15) is 5.82 Å². The van der Waals surface area contributed by atoms with E-state index >= 15 is 4.39 Å². The van der Waals surface area contributed by atoms with E-state index in [9.17, 15) is 4.79 Å². The van der Waals surface area contributed by atoms with Crippen LogP contribution < -0.4 is 21.1 Å². The summed E-state index contributed by atoms with van der Waals surface area (Å²) in [6, 6.07) is 10.5. The van der Waals surface area contributed by atoms with Gasteiger partial charge in [-0.15, -0.1) is 11.3 Å². The SMILES string of the molecule is Cc1nn(-c2ccncc2)c(C)c1-c1cc2cnc(Nc3ccc(N4CCNCC4)c(F)c3)nc2n(-c2nccs2)c1=O. The molecule has 1 aromatic carbocycles. The summed E-state index contributed by atoms with van der Waals surface area (Å²) in [5.74, 6) is -0.0905. The van der Waals surface area contributed by atoms with Gasteiger partial charge in [0.15, 0.2) is 10.8 Å². The van der Waals surface area contributed by atoms with E-state index in [0.717, 1.165) is 43.1 Å². The lowest BCUT2D eigenvalue weighted by atomic mass is 10.0. The zero-order chi connectivity index (χ0) is 29.5. The predicted molar refractivity (Wildman–Crippen MR) is 165 cm³/mol. The van der Waals surface area contributed by atoms with E-state index in [-0.39, 0.29) is 17.3 Å². The first kappa shape index (κ1) is 26.9. The van der Waals surface area contributed by atoms with Crippen molar-refractivity contribution in [3.63, 3.8) is 0 Å². The van der Waals surface area contributed by atoms with Gasteiger partial charge in [-0.05, 0) is 50.2 Å². The molecule has 0 atom stereocenters. The molecular weight excluding hydrogens is 567 g/mol. The van der Waals surface area contributed by atoms with Gasteiger partial charge in [0.25, 0.3) is 5.56 Å². The van der Waals surface area contributed by atoms with Gasteiger partial charge in [0, 0.05) is 78.7 Å². The van der Waals surface area contributed by atoms with E-state index in [1.165, 1.54) is 22.0 Å². The highest BCUT2D eigenvalue weighted by atomic mass is 32.1. The average molecular weight is 595 g/mol. The molecule has 11 nitrogen and oxygen atoms in total. The van der Waals surface area contributed by atoms with Crippen molar-refractivity contribution in [1.29, 1.82) is 0 Å². The van der Waals surface area contributed by atoms with Crippen LogP contribution in [0.4, 0.5) is 21.7 Å². The molecule has 5 aromatic heterocycles. The highest BCUT2D eigenvalue weighted by molar-refractivity contribution is 7.12. The van der Waals surface area contributed by atoms with Crippen molar-refractivity contribution in [3.05, 3.63) is 94.1 Å². The summed E-state index contributed by atoms with van der Waals surface area (Å²) in [7, 11) is 0. The third kappa shape index (κ3) is 4.91. The van der Waals surface area contributed by atoms with Crippen LogP contribution in [0.25, 0.3) is 33.0 Å². The molecule has 1 aliphatic rings. The molecule has 216 valence electrons. The fourth-order valence-corrected chi connectivity index (χ4v) is 6.13. The standard InChI is InChI=1S/C30H27FN10OS/c1-18-26(19(2)41(38-18)22-5-7-32-8-6-22)23-15-20-17-35-29(37-27(20)40(28(23)42)30-34-11-14-43-30)36-21-3-4-25(24(31)16-21)39-12-9-33-10-13-39/h3-8,11,14-17,33H,9-10,12-13H2,1-2H3,(H,35,36,37). The number of nitrogens with one attached hydrogen (secondary N) is 2. The smallest absolute Gasteiger partial charge is 0.266 e. The minimum absolute atomic E-state index is 0.233. The largest absolute Gasteiger partial charge is 0.367 e. The zero-order valence-corrected chi connectivity index (χ0v) is 24.3. The van der Waals surface area contributed by atoms with Crippen LogP contribution in [0.3, 0.4) is 0 Å². The lowest BCUT2D eigenvalue weighted by Crippen LogP contribution is -2.43. The van der Waals surface area contributed by atoms with Gasteiger partial charge in [-0.2, -0.15) is 10.1 Å². The Morgan fingerprint density at radius 2 is 1.84 bits per heavy atom. The maximum absolute atomic E-state index is 15.1. The fraction of sp³-hybridized carbons (Fsp3) is 0.200. The Hall–Kier alpha value is -5.01. The van der Waals surface area contributed by atoms with Crippen molar-refractivity contribution in [3.8, 4) is 21.9 Å². The second-order valence-corrected chi connectivity index (χ2v) is 11.1.